The summed E-state index contributed by atoms with van der Waals surface area (Å²) in [4.78, 5) is 20.6. The van der Waals surface area contributed by atoms with Gasteiger partial charge < -0.3 is 15.0 Å². The molecule has 1 aromatic rings. The fourth-order valence-electron chi connectivity index (χ4n) is 2.01. The van der Waals surface area contributed by atoms with Gasteiger partial charge in [-0.3, -0.25) is 10.1 Å². The van der Waals surface area contributed by atoms with Crippen LogP contribution in [0.25, 0.3) is 0 Å². The predicted octanol–water partition coefficient (Wildman–Crippen LogP) is 1.04. The van der Waals surface area contributed by atoms with E-state index in [2.05, 4.69) is 15.3 Å². The number of hydrogen-bond acceptors (Lipinski definition) is 7. The van der Waals surface area contributed by atoms with E-state index < -0.39 is 4.92 Å². The molecule has 0 amide bonds. The number of aromatic nitrogens is 2. The molecule has 1 unspecified atom stereocenters. The van der Waals surface area contributed by atoms with Crippen LogP contribution in [-0.2, 0) is 4.74 Å². The van der Waals surface area contributed by atoms with Crippen LogP contribution in [0.3, 0.4) is 0 Å². The van der Waals surface area contributed by atoms with Crippen LogP contribution < -0.4 is 10.2 Å². The van der Waals surface area contributed by atoms with E-state index in [1.54, 1.807) is 7.05 Å². The number of rotatable bonds is 4. The molecule has 1 aromatic heterocycles. The third-order valence-electron chi connectivity index (χ3n) is 3.06. The Kier molecular flexibility index (Phi) is 4.10. The molecule has 8 heteroatoms. The zero-order chi connectivity index (χ0) is 13.8. The number of ether oxygens (including phenoxy) is 1. The van der Waals surface area contributed by atoms with Crippen molar-refractivity contribution >= 4 is 17.5 Å². The van der Waals surface area contributed by atoms with Gasteiger partial charge in [0.2, 0.25) is 11.8 Å². The van der Waals surface area contributed by atoms with E-state index in [0.717, 1.165) is 6.42 Å². The zero-order valence-electron chi connectivity index (χ0n) is 11.0. The lowest BCUT2D eigenvalue weighted by atomic mass is 10.2. The molecule has 0 radical (unpaired) electrons. The van der Waals surface area contributed by atoms with Gasteiger partial charge in [-0.25, -0.2) is 4.98 Å². The van der Waals surface area contributed by atoms with Gasteiger partial charge in [-0.15, -0.1) is 0 Å². The first-order valence-electron chi connectivity index (χ1n) is 6.21. The number of nitrogens with zero attached hydrogens (tertiary/aromatic N) is 4. The highest BCUT2D eigenvalue weighted by molar-refractivity contribution is 5.59. The maximum absolute atomic E-state index is 11.1. The first-order chi connectivity index (χ1) is 9.15. The minimum absolute atomic E-state index is 0.0734. The van der Waals surface area contributed by atoms with Gasteiger partial charge in [0, 0.05) is 20.1 Å². The second kappa shape index (κ2) is 5.79. The number of morpholine rings is 1. The van der Waals surface area contributed by atoms with E-state index in [1.165, 1.54) is 6.20 Å². The van der Waals surface area contributed by atoms with Gasteiger partial charge in [-0.2, -0.15) is 4.98 Å². The predicted molar refractivity (Wildman–Crippen MR) is 70.5 cm³/mol. The third kappa shape index (κ3) is 2.90. The molecule has 19 heavy (non-hydrogen) atoms. The Morgan fingerprint density at radius 3 is 3.11 bits per heavy atom. The molecule has 0 bridgehead atoms. The summed E-state index contributed by atoms with van der Waals surface area (Å²) in [6, 6.07) is 0. The van der Waals surface area contributed by atoms with Crippen LogP contribution in [-0.4, -0.2) is 47.7 Å². The molecule has 0 aliphatic carbocycles. The van der Waals surface area contributed by atoms with Crippen molar-refractivity contribution in [3.05, 3.63) is 16.3 Å². The molecule has 0 saturated carbocycles. The Balaban J connectivity index is 2.32. The van der Waals surface area contributed by atoms with Crippen LogP contribution in [0, 0.1) is 10.1 Å². The lowest BCUT2D eigenvalue weighted by molar-refractivity contribution is -0.384. The minimum Gasteiger partial charge on any atom is -0.375 e. The van der Waals surface area contributed by atoms with Gasteiger partial charge in [0.1, 0.15) is 6.20 Å². The molecule has 1 atom stereocenters. The quantitative estimate of drug-likeness (QED) is 0.643. The maximum Gasteiger partial charge on any atom is 0.329 e. The van der Waals surface area contributed by atoms with Crippen molar-refractivity contribution in [3.63, 3.8) is 0 Å². The first-order valence-corrected chi connectivity index (χ1v) is 6.21. The summed E-state index contributed by atoms with van der Waals surface area (Å²) < 4.78 is 5.57. The molecule has 1 aliphatic rings. The van der Waals surface area contributed by atoms with Crippen LogP contribution in [0.15, 0.2) is 6.20 Å². The molecule has 1 N–H and O–H groups in total. The normalized spacial score (nSPS) is 19.3. The summed E-state index contributed by atoms with van der Waals surface area (Å²) in [5, 5.41) is 13.9. The lowest BCUT2D eigenvalue weighted by Crippen LogP contribution is -2.43. The van der Waals surface area contributed by atoms with Gasteiger partial charge in [-0.1, -0.05) is 6.92 Å². The van der Waals surface area contributed by atoms with E-state index in [9.17, 15) is 10.1 Å². The van der Waals surface area contributed by atoms with Crippen molar-refractivity contribution in [3.8, 4) is 0 Å². The highest BCUT2D eigenvalue weighted by Crippen LogP contribution is 2.27. The Hall–Kier alpha value is -1.96. The molecular weight excluding hydrogens is 250 g/mol. The molecule has 2 rings (SSSR count). The average molecular weight is 267 g/mol. The first kappa shape index (κ1) is 13.5. The number of anilines is 2. The van der Waals surface area contributed by atoms with E-state index in [4.69, 9.17) is 4.74 Å². The van der Waals surface area contributed by atoms with Crippen molar-refractivity contribution in [1.82, 2.24) is 9.97 Å². The van der Waals surface area contributed by atoms with Crippen molar-refractivity contribution < 1.29 is 9.66 Å². The molecule has 104 valence electrons. The molecular formula is C11H17N5O3. The molecule has 1 fully saturated rings. The summed E-state index contributed by atoms with van der Waals surface area (Å²) in [6.45, 7) is 3.78. The van der Waals surface area contributed by atoms with Crippen LogP contribution in [0.1, 0.15) is 13.3 Å². The van der Waals surface area contributed by atoms with E-state index in [1.807, 2.05) is 11.8 Å². The maximum atomic E-state index is 11.1. The van der Waals surface area contributed by atoms with Gasteiger partial charge in [0.05, 0.1) is 17.6 Å². The Bertz CT molecular complexity index is 468. The van der Waals surface area contributed by atoms with E-state index in [0.29, 0.717) is 31.5 Å². The average Bonchev–Trinajstić information content (AvgIpc) is 2.46. The van der Waals surface area contributed by atoms with Crippen molar-refractivity contribution in [1.29, 1.82) is 0 Å². The van der Waals surface area contributed by atoms with Gasteiger partial charge >= 0.3 is 5.69 Å². The number of hydrogen-bond donors (Lipinski definition) is 1. The number of nitrogens with one attached hydrogen (secondary N) is 1. The summed E-state index contributed by atoms with van der Waals surface area (Å²) in [5.41, 5.74) is -0.0734. The minimum atomic E-state index is -0.453. The van der Waals surface area contributed by atoms with Crippen molar-refractivity contribution in [2.45, 2.75) is 19.4 Å². The second-order valence-electron chi connectivity index (χ2n) is 4.26. The topological polar surface area (TPSA) is 93.4 Å². The molecule has 0 spiro atoms. The van der Waals surface area contributed by atoms with Crippen molar-refractivity contribution in [2.24, 2.45) is 0 Å². The molecule has 2 heterocycles. The van der Waals surface area contributed by atoms with Gasteiger partial charge in [-0.05, 0) is 6.42 Å². The Morgan fingerprint density at radius 2 is 2.47 bits per heavy atom. The summed E-state index contributed by atoms with van der Waals surface area (Å²) in [5.74, 6) is 0.728. The van der Waals surface area contributed by atoms with Gasteiger partial charge in [0.15, 0.2) is 0 Å². The largest absolute Gasteiger partial charge is 0.375 e. The lowest BCUT2D eigenvalue weighted by Gasteiger charge is -2.32. The SMILES string of the molecule is CCC1CN(c2nc(NC)ncc2[N+](=O)[O-])CCO1. The Morgan fingerprint density at radius 1 is 1.68 bits per heavy atom. The zero-order valence-corrected chi connectivity index (χ0v) is 11.0. The highest BCUT2D eigenvalue weighted by Gasteiger charge is 2.27. The molecule has 0 aromatic carbocycles. The fraction of sp³-hybridized carbons (Fsp3) is 0.636. The van der Waals surface area contributed by atoms with E-state index >= 15 is 0 Å². The monoisotopic (exact) mass is 267 g/mol. The van der Waals surface area contributed by atoms with Crippen LogP contribution in [0.5, 0.6) is 0 Å². The Labute approximate surface area is 110 Å². The third-order valence-corrected chi connectivity index (χ3v) is 3.06. The molecule has 8 nitrogen and oxygen atoms in total. The number of nitro groups is 1. The summed E-state index contributed by atoms with van der Waals surface area (Å²) in [7, 11) is 1.68. The van der Waals surface area contributed by atoms with Crippen LogP contribution >= 0.6 is 0 Å². The molecule has 1 aliphatic heterocycles. The van der Waals surface area contributed by atoms with Crippen molar-refractivity contribution in [2.75, 3.05) is 37.0 Å². The highest BCUT2D eigenvalue weighted by atomic mass is 16.6. The fourth-order valence-corrected chi connectivity index (χ4v) is 2.01. The van der Waals surface area contributed by atoms with Gasteiger partial charge in [0.25, 0.3) is 0 Å². The second-order valence-corrected chi connectivity index (χ2v) is 4.26. The van der Waals surface area contributed by atoms with E-state index in [-0.39, 0.29) is 11.8 Å². The standard InChI is InChI=1S/C11H17N5O3/c1-3-8-7-15(4-5-19-8)10-9(16(17)18)6-13-11(12-2)14-10/h6,8H,3-5,7H2,1-2H3,(H,12,13,14). The van der Waals surface area contributed by atoms with Crippen LogP contribution in [0.2, 0.25) is 0 Å². The van der Waals surface area contributed by atoms with Crippen LogP contribution in [0.4, 0.5) is 17.5 Å². The molecule has 1 saturated heterocycles. The summed E-state index contributed by atoms with van der Waals surface area (Å²) in [6.07, 6.45) is 2.19. The summed E-state index contributed by atoms with van der Waals surface area (Å²) >= 11 is 0. The smallest absolute Gasteiger partial charge is 0.329 e.